The number of anilines is 1. The lowest BCUT2D eigenvalue weighted by Crippen LogP contribution is -2.22. The first-order valence-corrected chi connectivity index (χ1v) is 6.46. The number of alkyl halides is 3. The number of nitrogens with one attached hydrogen (secondary N) is 1. The number of ether oxygens (including phenoxy) is 1. The van der Waals surface area contributed by atoms with E-state index in [1.54, 1.807) is 6.92 Å². The third kappa shape index (κ3) is 5.57. The number of rotatable bonds is 6. The summed E-state index contributed by atoms with van der Waals surface area (Å²) >= 11 is 0. The van der Waals surface area contributed by atoms with E-state index in [4.69, 9.17) is 0 Å². The number of carbonyl (C=O) groups excluding carboxylic acids is 2. The first-order chi connectivity index (χ1) is 10.6. The Labute approximate surface area is 128 Å². The van der Waals surface area contributed by atoms with Crippen LogP contribution in [0.1, 0.15) is 25.3 Å². The van der Waals surface area contributed by atoms with Crippen LogP contribution >= 0.6 is 0 Å². The minimum atomic E-state index is -4.90. The largest absolute Gasteiger partial charge is 0.456 e. The molecular formula is C13H13F3N2O5. The van der Waals surface area contributed by atoms with Crippen LogP contribution in [0.25, 0.3) is 0 Å². The van der Waals surface area contributed by atoms with Gasteiger partial charge in [-0.25, -0.2) is 0 Å². The second-order valence-electron chi connectivity index (χ2n) is 4.44. The monoisotopic (exact) mass is 334 g/mol. The lowest BCUT2D eigenvalue weighted by Gasteiger charge is -2.13. The summed E-state index contributed by atoms with van der Waals surface area (Å²) in [6.07, 6.45) is -4.31. The van der Waals surface area contributed by atoms with Crippen LogP contribution in [0.2, 0.25) is 0 Å². The number of esters is 1. The molecule has 0 unspecified atom stereocenters. The maximum atomic E-state index is 12.9. The molecule has 0 radical (unpaired) electrons. The van der Waals surface area contributed by atoms with Gasteiger partial charge in [0.1, 0.15) is 0 Å². The molecule has 7 nitrogen and oxygen atoms in total. The van der Waals surface area contributed by atoms with E-state index in [2.05, 4.69) is 4.74 Å². The van der Waals surface area contributed by atoms with Crippen LogP contribution in [0.4, 0.5) is 24.5 Å². The van der Waals surface area contributed by atoms with E-state index in [1.165, 1.54) is 0 Å². The quantitative estimate of drug-likeness (QED) is 0.490. The molecular weight excluding hydrogens is 321 g/mol. The Kier molecular flexibility index (Phi) is 6.05. The summed E-state index contributed by atoms with van der Waals surface area (Å²) in [6.45, 7) is 0.973. The van der Waals surface area contributed by atoms with Gasteiger partial charge in [0.15, 0.2) is 6.61 Å². The van der Waals surface area contributed by atoms with Gasteiger partial charge in [-0.3, -0.25) is 19.7 Å². The van der Waals surface area contributed by atoms with Gasteiger partial charge in [-0.05, 0) is 12.5 Å². The van der Waals surface area contributed by atoms with Crippen LogP contribution in [-0.2, 0) is 20.5 Å². The molecule has 0 fully saturated rings. The van der Waals surface area contributed by atoms with E-state index >= 15 is 0 Å². The van der Waals surface area contributed by atoms with Crippen molar-refractivity contribution >= 4 is 23.3 Å². The molecule has 0 bridgehead atoms. The molecule has 0 aromatic heterocycles. The lowest BCUT2D eigenvalue weighted by molar-refractivity contribution is -0.385. The highest BCUT2D eigenvalue weighted by Gasteiger charge is 2.35. The van der Waals surface area contributed by atoms with Crippen LogP contribution in [-0.4, -0.2) is 23.4 Å². The SMILES string of the molecule is CCCC(=O)OCC(=O)Nc1ccc([N+](=O)[O-])cc1C(F)(F)F. The number of benzene rings is 1. The van der Waals surface area contributed by atoms with Crippen molar-refractivity contribution in [3.05, 3.63) is 33.9 Å². The van der Waals surface area contributed by atoms with Crippen molar-refractivity contribution in [3.63, 3.8) is 0 Å². The zero-order chi connectivity index (χ0) is 17.6. The minimum Gasteiger partial charge on any atom is -0.456 e. The molecule has 0 aliphatic heterocycles. The number of hydrogen-bond acceptors (Lipinski definition) is 5. The Morgan fingerprint density at radius 1 is 1.35 bits per heavy atom. The molecule has 0 spiro atoms. The van der Waals surface area contributed by atoms with Crippen molar-refractivity contribution in [2.75, 3.05) is 11.9 Å². The summed E-state index contributed by atoms with van der Waals surface area (Å²) in [5, 5.41) is 12.5. The Morgan fingerprint density at radius 3 is 2.52 bits per heavy atom. The molecule has 126 valence electrons. The summed E-state index contributed by atoms with van der Waals surface area (Å²) in [5.74, 6) is -1.63. The fourth-order valence-electron chi connectivity index (χ4n) is 1.60. The van der Waals surface area contributed by atoms with Crippen molar-refractivity contribution in [3.8, 4) is 0 Å². The number of carbonyl (C=O) groups is 2. The van der Waals surface area contributed by atoms with Gasteiger partial charge in [0.25, 0.3) is 11.6 Å². The second-order valence-corrected chi connectivity index (χ2v) is 4.44. The van der Waals surface area contributed by atoms with Crippen LogP contribution in [0.5, 0.6) is 0 Å². The molecule has 0 heterocycles. The molecule has 23 heavy (non-hydrogen) atoms. The number of nitrogens with zero attached hydrogens (tertiary/aromatic N) is 1. The van der Waals surface area contributed by atoms with Gasteiger partial charge in [0.2, 0.25) is 0 Å². The number of halogens is 3. The summed E-state index contributed by atoms with van der Waals surface area (Å²) in [5.41, 5.74) is -2.77. The maximum Gasteiger partial charge on any atom is 0.418 e. The fraction of sp³-hybridized carbons (Fsp3) is 0.385. The van der Waals surface area contributed by atoms with E-state index in [0.29, 0.717) is 12.5 Å². The lowest BCUT2D eigenvalue weighted by atomic mass is 10.1. The predicted molar refractivity (Wildman–Crippen MR) is 72.6 cm³/mol. The van der Waals surface area contributed by atoms with E-state index in [0.717, 1.165) is 12.1 Å². The normalized spacial score (nSPS) is 11.0. The fourth-order valence-corrected chi connectivity index (χ4v) is 1.60. The second kappa shape index (κ2) is 7.56. The average molecular weight is 334 g/mol. The number of amides is 1. The average Bonchev–Trinajstić information content (AvgIpc) is 2.44. The van der Waals surface area contributed by atoms with E-state index in [9.17, 15) is 32.9 Å². The molecule has 1 aromatic carbocycles. The highest BCUT2D eigenvalue weighted by molar-refractivity contribution is 5.93. The molecule has 0 saturated heterocycles. The molecule has 0 aliphatic rings. The Morgan fingerprint density at radius 2 is 2.00 bits per heavy atom. The topological polar surface area (TPSA) is 98.5 Å². The van der Waals surface area contributed by atoms with Crippen molar-refractivity contribution in [2.45, 2.75) is 25.9 Å². The maximum absolute atomic E-state index is 12.9. The number of nitro benzene ring substituents is 1. The standard InChI is InChI=1S/C13H13F3N2O5/c1-2-3-12(20)23-7-11(19)17-10-5-4-8(18(21)22)6-9(10)13(14,15)16/h4-6H,2-3,7H2,1H3,(H,17,19). The summed E-state index contributed by atoms with van der Waals surface area (Å²) < 4.78 is 43.3. The van der Waals surface area contributed by atoms with E-state index in [1.807, 2.05) is 5.32 Å². The van der Waals surface area contributed by atoms with Crippen LogP contribution in [0.15, 0.2) is 18.2 Å². The van der Waals surface area contributed by atoms with Gasteiger partial charge >= 0.3 is 12.1 Å². The Balaban J connectivity index is 2.89. The van der Waals surface area contributed by atoms with Crippen molar-refractivity contribution in [1.82, 2.24) is 0 Å². The van der Waals surface area contributed by atoms with Crippen LogP contribution < -0.4 is 5.32 Å². The smallest absolute Gasteiger partial charge is 0.418 e. The van der Waals surface area contributed by atoms with Crippen LogP contribution in [0, 0.1) is 10.1 Å². The molecule has 1 rings (SSSR count). The molecule has 10 heteroatoms. The number of hydrogen-bond donors (Lipinski definition) is 1. The number of non-ortho nitro benzene ring substituents is 1. The summed E-state index contributed by atoms with van der Waals surface area (Å²) in [7, 11) is 0. The molecule has 1 aromatic rings. The van der Waals surface area contributed by atoms with Crippen molar-refractivity contribution in [2.24, 2.45) is 0 Å². The summed E-state index contributed by atoms with van der Waals surface area (Å²) in [4.78, 5) is 32.2. The molecule has 0 saturated carbocycles. The highest BCUT2D eigenvalue weighted by atomic mass is 19.4. The van der Waals surface area contributed by atoms with Crippen LogP contribution in [0.3, 0.4) is 0 Å². The van der Waals surface area contributed by atoms with Gasteiger partial charge in [0.05, 0.1) is 16.2 Å². The summed E-state index contributed by atoms with van der Waals surface area (Å²) in [6, 6.07) is 1.92. The third-order valence-corrected chi connectivity index (χ3v) is 2.61. The van der Waals surface area contributed by atoms with Gasteiger partial charge in [-0.2, -0.15) is 13.2 Å². The Hall–Kier alpha value is -2.65. The number of nitro groups is 1. The van der Waals surface area contributed by atoms with E-state index < -0.39 is 46.5 Å². The minimum absolute atomic E-state index is 0.0820. The zero-order valence-corrected chi connectivity index (χ0v) is 12.0. The van der Waals surface area contributed by atoms with Gasteiger partial charge in [0, 0.05) is 18.6 Å². The first-order valence-electron chi connectivity index (χ1n) is 6.46. The first kappa shape index (κ1) is 18.4. The molecule has 0 atom stereocenters. The van der Waals surface area contributed by atoms with E-state index in [-0.39, 0.29) is 6.42 Å². The highest BCUT2D eigenvalue weighted by Crippen LogP contribution is 2.37. The van der Waals surface area contributed by atoms with Gasteiger partial charge < -0.3 is 10.1 Å². The van der Waals surface area contributed by atoms with Gasteiger partial charge in [-0.1, -0.05) is 6.92 Å². The zero-order valence-electron chi connectivity index (χ0n) is 12.0. The molecule has 0 aliphatic carbocycles. The van der Waals surface area contributed by atoms with Crippen molar-refractivity contribution < 1.29 is 32.4 Å². The Bertz CT molecular complexity index is 616. The van der Waals surface area contributed by atoms with Crippen molar-refractivity contribution in [1.29, 1.82) is 0 Å². The third-order valence-electron chi connectivity index (χ3n) is 2.61. The molecule has 1 N–H and O–H groups in total. The predicted octanol–water partition coefficient (Wildman–Crippen LogP) is 2.90. The molecule has 1 amide bonds. The van der Waals surface area contributed by atoms with Gasteiger partial charge in [-0.15, -0.1) is 0 Å².